The molecule has 2 fully saturated rings. The van der Waals surface area contributed by atoms with E-state index >= 15 is 0 Å². The minimum absolute atomic E-state index is 0.227. The van der Waals surface area contributed by atoms with Crippen LogP contribution in [0.4, 0.5) is 0 Å². The van der Waals surface area contributed by atoms with Crippen molar-refractivity contribution in [3.8, 4) is 0 Å². The van der Waals surface area contributed by atoms with Gasteiger partial charge in [-0.2, -0.15) is 0 Å². The fourth-order valence-electron chi connectivity index (χ4n) is 3.27. The van der Waals surface area contributed by atoms with Gasteiger partial charge in [0.1, 0.15) is 0 Å². The Bertz CT molecular complexity index is 300. The molecular weight excluding hydrogens is 238 g/mol. The number of nitrogens with zero attached hydrogens (tertiary/aromatic N) is 2. The van der Waals surface area contributed by atoms with Crippen molar-refractivity contribution in [3.63, 3.8) is 0 Å². The van der Waals surface area contributed by atoms with Crippen LogP contribution in [0.1, 0.15) is 33.1 Å². The highest BCUT2D eigenvalue weighted by molar-refractivity contribution is 5.79. The van der Waals surface area contributed by atoms with E-state index in [1.54, 1.807) is 0 Å². The van der Waals surface area contributed by atoms with Gasteiger partial charge < -0.3 is 15.1 Å². The molecule has 2 aliphatic rings. The summed E-state index contributed by atoms with van der Waals surface area (Å²) in [4.78, 5) is 17.1. The molecule has 0 radical (unpaired) electrons. The maximum Gasteiger partial charge on any atom is 0.227 e. The first-order valence-corrected chi connectivity index (χ1v) is 7.77. The van der Waals surface area contributed by atoms with Gasteiger partial charge in [-0.15, -0.1) is 0 Å². The van der Waals surface area contributed by atoms with Crippen LogP contribution in [-0.2, 0) is 4.79 Å². The largest absolute Gasteiger partial charge is 0.341 e. The molecule has 2 heterocycles. The first-order chi connectivity index (χ1) is 9.06. The molecule has 0 bridgehead atoms. The van der Waals surface area contributed by atoms with Crippen molar-refractivity contribution in [1.29, 1.82) is 0 Å². The van der Waals surface area contributed by atoms with Crippen LogP contribution in [-0.4, -0.2) is 61.5 Å². The fourth-order valence-corrected chi connectivity index (χ4v) is 3.27. The molecule has 2 saturated heterocycles. The summed E-state index contributed by atoms with van der Waals surface area (Å²) >= 11 is 0. The van der Waals surface area contributed by atoms with E-state index in [0.717, 1.165) is 39.1 Å². The lowest BCUT2D eigenvalue weighted by Crippen LogP contribution is -2.45. The second kappa shape index (κ2) is 6.71. The smallest absolute Gasteiger partial charge is 0.227 e. The predicted molar refractivity (Wildman–Crippen MR) is 78.0 cm³/mol. The lowest BCUT2D eigenvalue weighted by atomic mass is 10.1. The molecule has 0 aliphatic carbocycles. The van der Waals surface area contributed by atoms with Crippen LogP contribution in [0.2, 0.25) is 0 Å². The van der Waals surface area contributed by atoms with Crippen LogP contribution in [0.5, 0.6) is 0 Å². The van der Waals surface area contributed by atoms with Gasteiger partial charge in [0, 0.05) is 25.7 Å². The molecule has 0 aromatic heterocycles. The lowest BCUT2D eigenvalue weighted by molar-refractivity contribution is -0.136. The molecule has 4 heteroatoms. The summed E-state index contributed by atoms with van der Waals surface area (Å²) in [6, 6.07) is 0.516. The Kier molecular flexibility index (Phi) is 5.22. The Hall–Kier alpha value is -0.610. The van der Waals surface area contributed by atoms with Crippen LogP contribution < -0.4 is 5.32 Å². The number of hydrogen-bond acceptors (Lipinski definition) is 3. The van der Waals surface area contributed by atoms with Crippen molar-refractivity contribution >= 4 is 5.91 Å². The van der Waals surface area contributed by atoms with E-state index in [-0.39, 0.29) is 5.92 Å². The molecule has 2 aliphatic heterocycles. The van der Waals surface area contributed by atoms with Crippen LogP contribution in [0.25, 0.3) is 0 Å². The van der Waals surface area contributed by atoms with E-state index in [4.69, 9.17) is 0 Å². The van der Waals surface area contributed by atoms with E-state index in [1.165, 1.54) is 12.8 Å². The summed E-state index contributed by atoms with van der Waals surface area (Å²) in [7, 11) is 2.11. The van der Waals surface area contributed by atoms with Crippen LogP contribution in [0.3, 0.4) is 0 Å². The molecule has 0 spiro atoms. The molecule has 1 N–H and O–H groups in total. The number of amides is 1. The third kappa shape index (κ3) is 4.18. The van der Waals surface area contributed by atoms with Crippen LogP contribution in [0.15, 0.2) is 0 Å². The van der Waals surface area contributed by atoms with Crippen molar-refractivity contribution in [1.82, 2.24) is 15.1 Å². The topological polar surface area (TPSA) is 35.6 Å². The van der Waals surface area contributed by atoms with Gasteiger partial charge in [0.05, 0.1) is 5.92 Å². The van der Waals surface area contributed by atoms with Gasteiger partial charge in [0.25, 0.3) is 0 Å². The van der Waals surface area contributed by atoms with Crippen molar-refractivity contribution in [3.05, 3.63) is 0 Å². The average molecular weight is 267 g/mol. The van der Waals surface area contributed by atoms with Crippen molar-refractivity contribution in [2.75, 3.05) is 39.8 Å². The van der Waals surface area contributed by atoms with E-state index < -0.39 is 0 Å². The molecule has 0 aromatic rings. The Labute approximate surface area is 117 Å². The summed E-state index contributed by atoms with van der Waals surface area (Å²) in [5, 5.41) is 3.51. The quantitative estimate of drug-likeness (QED) is 0.812. The average Bonchev–Trinajstić information content (AvgIpc) is 2.98. The number of likely N-dealkylation sites (tertiary alicyclic amines) is 1. The van der Waals surface area contributed by atoms with Crippen LogP contribution in [0, 0.1) is 11.8 Å². The standard InChI is InChI=1S/C15H29N3O/c1-12(2)9-18(11-14-5-4-7-16-14)15(19)13-6-8-17(3)10-13/h12-14,16H,4-11H2,1-3H3. The molecule has 0 saturated carbocycles. The molecular formula is C15H29N3O. The van der Waals surface area contributed by atoms with Gasteiger partial charge >= 0.3 is 0 Å². The van der Waals surface area contributed by atoms with E-state index in [1.807, 2.05) is 0 Å². The fraction of sp³-hybridized carbons (Fsp3) is 0.933. The number of rotatable bonds is 5. The molecule has 4 nitrogen and oxygen atoms in total. The second-order valence-corrected chi connectivity index (χ2v) is 6.68. The van der Waals surface area contributed by atoms with Gasteiger partial charge in [-0.1, -0.05) is 13.8 Å². The summed E-state index contributed by atoms with van der Waals surface area (Å²) in [5.74, 6) is 1.15. The van der Waals surface area contributed by atoms with Gasteiger partial charge in [-0.25, -0.2) is 0 Å². The Morgan fingerprint density at radius 3 is 2.74 bits per heavy atom. The van der Waals surface area contributed by atoms with E-state index in [2.05, 4.69) is 36.0 Å². The SMILES string of the molecule is CC(C)CN(CC1CCCN1)C(=O)C1CCN(C)C1. The van der Waals surface area contributed by atoms with Gasteiger partial charge in [0.15, 0.2) is 0 Å². The highest BCUT2D eigenvalue weighted by atomic mass is 16.2. The Morgan fingerprint density at radius 1 is 1.42 bits per heavy atom. The molecule has 0 aromatic carbocycles. The third-order valence-electron chi connectivity index (χ3n) is 4.24. The Balaban J connectivity index is 1.93. The van der Waals surface area contributed by atoms with E-state index in [9.17, 15) is 4.79 Å². The van der Waals surface area contributed by atoms with Crippen molar-refractivity contribution < 1.29 is 4.79 Å². The zero-order valence-corrected chi connectivity index (χ0v) is 12.7. The number of hydrogen-bond donors (Lipinski definition) is 1. The molecule has 19 heavy (non-hydrogen) atoms. The highest BCUT2D eigenvalue weighted by Gasteiger charge is 2.31. The summed E-state index contributed by atoms with van der Waals surface area (Å²) in [6.45, 7) is 9.31. The van der Waals surface area contributed by atoms with Crippen molar-refractivity contribution in [2.24, 2.45) is 11.8 Å². The number of nitrogens with one attached hydrogen (secondary N) is 1. The zero-order valence-electron chi connectivity index (χ0n) is 12.7. The third-order valence-corrected chi connectivity index (χ3v) is 4.24. The molecule has 2 rings (SSSR count). The minimum Gasteiger partial charge on any atom is -0.341 e. The molecule has 1 amide bonds. The normalized spacial score (nSPS) is 28.2. The maximum atomic E-state index is 12.7. The Morgan fingerprint density at radius 2 is 2.21 bits per heavy atom. The number of carbonyl (C=O) groups is 1. The van der Waals surface area contributed by atoms with Gasteiger partial charge in [-0.3, -0.25) is 4.79 Å². The van der Waals surface area contributed by atoms with Crippen LogP contribution >= 0.6 is 0 Å². The minimum atomic E-state index is 0.227. The summed E-state index contributed by atoms with van der Waals surface area (Å²) in [6.07, 6.45) is 3.50. The van der Waals surface area contributed by atoms with Gasteiger partial charge in [0.2, 0.25) is 5.91 Å². The lowest BCUT2D eigenvalue weighted by Gasteiger charge is -2.29. The van der Waals surface area contributed by atoms with Gasteiger partial charge in [-0.05, 0) is 45.3 Å². The highest BCUT2D eigenvalue weighted by Crippen LogP contribution is 2.19. The van der Waals surface area contributed by atoms with E-state index in [0.29, 0.717) is 17.9 Å². The summed E-state index contributed by atoms with van der Waals surface area (Å²) < 4.78 is 0. The second-order valence-electron chi connectivity index (χ2n) is 6.68. The molecule has 2 atom stereocenters. The molecule has 2 unspecified atom stereocenters. The predicted octanol–water partition coefficient (Wildman–Crippen LogP) is 1.17. The van der Waals surface area contributed by atoms with Crippen molar-refractivity contribution in [2.45, 2.75) is 39.2 Å². The monoisotopic (exact) mass is 267 g/mol. The summed E-state index contributed by atoms with van der Waals surface area (Å²) in [5.41, 5.74) is 0. The first kappa shape index (κ1) is 14.8. The number of carbonyl (C=O) groups excluding carboxylic acids is 1. The first-order valence-electron chi connectivity index (χ1n) is 7.77. The zero-order chi connectivity index (χ0) is 13.8. The maximum absolute atomic E-state index is 12.7. The molecule has 110 valence electrons.